The SMILES string of the molecule is CCl.CCl.CN(C1=C/C(=C\c2sc3ccccc3[n+]2C)c2ccccc2N1c1ccccc1)N(C)C1=C/C(=C\c2sc3ccccc3[n+]2C)c2ccccc2N1c1ccccc1. The van der Waals surface area contributed by atoms with E-state index in [-0.39, 0.29) is 0 Å². The van der Waals surface area contributed by atoms with Gasteiger partial charge in [-0.15, -0.1) is 23.2 Å². The molecule has 0 amide bonds. The second kappa shape index (κ2) is 18.8. The second-order valence-corrected chi connectivity index (χ2v) is 16.7. The fraction of sp³-hybridized carbons (Fsp3) is 0.115. The van der Waals surface area contributed by atoms with E-state index in [1.54, 1.807) is 0 Å². The lowest BCUT2D eigenvalue weighted by Gasteiger charge is -2.46. The number of hydrogen-bond donors (Lipinski definition) is 0. The molecule has 10 heteroatoms. The van der Waals surface area contributed by atoms with Crippen LogP contribution in [0.25, 0.3) is 43.7 Å². The molecule has 0 aliphatic carbocycles. The standard InChI is InChI=1S/C50H42N6S2.2CH3Cl/c1-51-43-27-15-17-29-45(43)57-49(51)33-35-31-47(55(37-19-7-5-8-20-37)41-25-13-11-23-39(35)41)53(3)54(4)48-32-36(34-50-52(2)44-28-16-18-30-46(44)58-50)40-24-12-14-26-42(40)56(48)38-21-9-6-10-22-38;2*1-2/h5-34H,1-4H3;2*1H3/q+2;;. The first kappa shape index (κ1) is 42.5. The van der Waals surface area contributed by atoms with Crippen molar-refractivity contribution in [2.45, 2.75) is 0 Å². The summed E-state index contributed by atoms with van der Waals surface area (Å²) in [6, 6.07) is 56.2. The van der Waals surface area contributed by atoms with E-state index in [0.717, 1.165) is 45.5 Å². The first-order chi connectivity index (χ1) is 30.4. The predicted molar refractivity (Wildman–Crippen MR) is 267 cm³/mol. The van der Waals surface area contributed by atoms with Crippen LogP contribution in [0, 0.1) is 0 Å². The highest BCUT2D eigenvalue weighted by Crippen LogP contribution is 2.46. The van der Waals surface area contributed by atoms with E-state index in [9.17, 15) is 0 Å². The topological polar surface area (TPSA) is 20.7 Å². The minimum Gasteiger partial charge on any atom is -0.295 e. The van der Waals surface area contributed by atoms with E-state index in [1.165, 1.54) is 54.3 Å². The molecule has 4 heterocycles. The summed E-state index contributed by atoms with van der Waals surface area (Å²) in [5.74, 6) is 2.05. The Morgan fingerprint density at radius 2 is 0.790 bits per heavy atom. The number of alkyl halides is 2. The van der Waals surface area contributed by atoms with Gasteiger partial charge in [0.1, 0.15) is 35.1 Å². The van der Waals surface area contributed by atoms with Crippen molar-refractivity contribution in [2.24, 2.45) is 14.1 Å². The zero-order chi connectivity index (χ0) is 43.3. The van der Waals surface area contributed by atoms with Crippen molar-refractivity contribution in [1.29, 1.82) is 0 Å². The molecule has 6 aromatic carbocycles. The summed E-state index contributed by atoms with van der Waals surface area (Å²) in [4.78, 5) is 4.76. The Morgan fingerprint density at radius 1 is 0.452 bits per heavy atom. The highest BCUT2D eigenvalue weighted by Gasteiger charge is 2.33. The lowest BCUT2D eigenvalue weighted by molar-refractivity contribution is -0.642. The molecule has 2 aromatic heterocycles. The minimum atomic E-state index is 1.02. The summed E-state index contributed by atoms with van der Waals surface area (Å²) in [5.41, 5.74) is 11.6. The highest BCUT2D eigenvalue weighted by atomic mass is 35.5. The Kier molecular flexibility index (Phi) is 12.9. The van der Waals surface area contributed by atoms with Gasteiger partial charge in [-0.2, -0.15) is 9.13 Å². The van der Waals surface area contributed by atoms with Gasteiger partial charge in [-0.25, -0.2) is 0 Å². The van der Waals surface area contributed by atoms with Crippen LogP contribution >= 0.6 is 45.9 Å². The van der Waals surface area contributed by atoms with Crippen LogP contribution in [0.4, 0.5) is 22.7 Å². The molecule has 6 nitrogen and oxygen atoms in total. The Labute approximate surface area is 382 Å². The normalized spacial score (nSPS) is 14.3. The third kappa shape index (κ3) is 7.91. The quantitative estimate of drug-likeness (QED) is 0.0902. The highest BCUT2D eigenvalue weighted by molar-refractivity contribution is 7.19. The molecule has 0 atom stereocenters. The van der Waals surface area contributed by atoms with Crippen molar-refractivity contribution in [1.82, 2.24) is 10.0 Å². The van der Waals surface area contributed by atoms with Crippen LogP contribution in [-0.2, 0) is 14.1 Å². The Balaban J connectivity index is 0.00000129. The number of allylic oxidation sites excluding steroid dienone is 4. The minimum absolute atomic E-state index is 1.02. The molecule has 0 radical (unpaired) electrons. The van der Waals surface area contributed by atoms with E-state index in [0.29, 0.717) is 0 Å². The summed E-state index contributed by atoms with van der Waals surface area (Å²) < 4.78 is 7.14. The van der Waals surface area contributed by atoms with Gasteiger partial charge in [0.2, 0.25) is 11.0 Å². The number of benzene rings is 6. The largest absolute Gasteiger partial charge is 0.295 e. The number of anilines is 4. The number of nitrogens with zero attached hydrogens (tertiary/aromatic N) is 6. The average molecular weight is 892 g/mol. The Hall–Kier alpha value is -6.16. The molecule has 0 saturated carbocycles. The van der Waals surface area contributed by atoms with Gasteiger partial charge < -0.3 is 0 Å². The van der Waals surface area contributed by atoms with Crippen molar-refractivity contribution >= 4 is 112 Å². The number of hydrogen-bond acceptors (Lipinski definition) is 6. The Morgan fingerprint density at radius 3 is 1.18 bits per heavy atom. The van der Waals surface area contributed by atoms with Crippen LogP contribution in [0.15, 0.2) is 182 Å². The summed E-state index contributed by atoms with van der Waals surface area (Å²) in [6.07, 6.45) is 12.3. The van der Waals surface area contributed by atoms with E-state index in [4.69, 9.17) is 0 Å². The van der Waals surface area contributed by atoms with Crippen molar-refractivity contribution in [3.63, 3.8) is 0 Å². The molecule has 0 N–H and O–H groups in total. The van der Waals surface area contributed by atoms with E-state index in [2.05, 4.69) is 262 Å². The molecule has 2 aliphatic heterocycles. The van der Waals surface area contributed by atoms with Gasteiger partial charge >= 0.3 is 0 Å². The predicted octanol–water partition coefficient (Wildman–Crippen LogP) is 13.0. The average Bonchev–Trinajstić information content (AvgIpc) is 3.83. The van der Waals surface area contributed by atoms with E-state index in [1.807, 2.05) is 22.7 Å². The third-order valence-electron chi connectivity index (χ3n) is 11.2. The lowest BCUT2D eigenvalue weighted by atomic mass is 9.97. The zero-order valence-corrected chi connectivity index (χ0v) is 38.7. The smallest absolute Gasteiger partial charge is 0.263 e. The van der Waals surface area contributed by atoms with Gasteiger partial charge in [0.25, 0.3) is 10.0 Å². The van der Waals surface area contributed by atoms with Crippen molar-refractivity contribution < 1.29 is 9.13 Å². The molecule has 310 valence electrons. The summed E-state index contributed by atoms with van der Waals surface area (Å²) >= 11 is 12.9. The monoisotopic (exact) mass is 890 g/mol. The maximum atomic E-state index is 4.64. The molecule has 0 fully saturated rings. The zero-order valence-electron chi connectivity index (χ0n) is 35.6. The molecule has 0 spiro atoms. The Bertz CT molecular complexity index is 2780. The van der Waals surface area contributed by atoms with Crippen LogP contribution in [0.5, 0.6) is 0 Å². The lowest BCUT2D eigenvalue weighted by Crippen LogP contribution is -2.45. The van der Waals surface area contributed by atoms with Gasteiger partial charge in [0.05, 0.1) is 11.4 Å². The van der Waals surface area contributed by atoms with Crippen LogP contribution < -0.4 is 18.9 Å². The molecule has 8 aromatic rings. The fourth-order valence-corrected chi connectivity index (χ4v) is 10.3. The molecular weight excluding hydrogens is 844 g/mol. The number of rotatable bonds is 7. The summed E-state index contributed by atoms with van der Waals surface area (Å²) in [7, 11) is 8.67. The third-order valence-corrected chi connectivity index (χ3v) is 13.5. The number of hydrazine groups is 1. The van der Waals surface area contributed by atoms with Crippen LogP contribution in [-0.4, -0.2) is 36.9 Å². The van der Waals surface area contributed by atoms with Crippen molar-refractivity contribution in [3.05, 3.63) is 203 Å². The van der Waals surface area contributed by atoms with Gasteiger partial charge in [-0.3, -0.25) is 19.8 Å². The number of halogens is 2. The maximum absolute atomic E-state index is 4.64. The number of para-hydroxylation sites is 6. The molecule has 10 rings (SSSR count). The number of aromatic nitrogens is 2. The summed E-state index contributed by atoms with van der Waals surface area (Å²) in [6.45, 7) is 0. The number of aryl methyl sites for hydroxylation is 2. The van der Waals surface area contributed by atoms with Crippen LogP contribution in [0.3, 0.4) is 0 Å². The first-order valence-electron chi connectivity index (χ1n) is 20.2. The maximum Gasteiger partial charge on any atom is 0.263 e. The second-order valence-electron chi connectivity index (χ2n) is 14.6. The molecular formula is C52H48Cl2N6S2+2. The number of thiazole rings is 2. The van der Waals surface area contributed by atoms with E-state index >= 15 is 0 Å². The molecule has 0 saturated heterocycles. The molecule has 2 aliphatic rings. The molecule has 0 unspecified atom stereocenters. The van der Waals surface area contributed by atoms with E-state index < -0.39 is 0 Å². The van der Waals surface area contributed by atoms with Gasteiger partial charge in [0, 0.05) is 73.6 Å². The van der Waals surface area contributed by atoms with Crippen LogP contribution in [0.2, 0.25) is 0 Å². The fourth-order valence-electron chi connectivity index (χ4n) is 8.11. The van der Waals surface area contributed by atoms with Crippen LogP contribution in [0.1, 0.15) is 21.1 Å². The molecule has 0 bridgehead atoms. The first-order valence-corrected chi connectivity index (χ1v) is 23.3. The van der Waals surface area contributed by atoms with Gasteiger partial charge in [0.15, 0.2) is 0 Å². The number of fused-ring (bicyclic) bond motifs is 4. The summed E-state index contributed by atoms with van der Waals surface area (Å²) in [5, 5.41) is 6.96. The van der Waals surface area contributed by atoms with Gasteiger partial charge in [-0.05, 0) is 71.8 Å². The van der Waals surface area contributed by atoms with Gasteiger partial charge in [-0.1, -0.05) is 120 Å². The molecule has 62 heavy (non-hydrogen) atoms. The van der Waals surface area contributed by atoms with Crippen molar-refractivity contribution in [2.75, 3.05) is 36.7 Å². The van der Waals surface area contributed by atoms with Crippen molar-refractivity contribution in [3.8, 4) is 0 Å².